The van der Waals surface area contributed by atoms with Crippen LogP contribution < -0.4 is 5.32 Å². The van der Waals surface area contributed by atoms with Crippen LogP contribution in [0.3, 0.4) is 0 Å². The minimum Gasteiger partial charge on any atom is -0.477 e. The smallest absolute Gasteiger partial charge is 0.353 e. The van der Waals surface area contributed by atoms with Crippen molar-refractivity contribution in [3.8, 4) is 0 Å². The zero-order chi connectivity index (χ0) is 20.0. The minimum atomic E-state index is -1.11. The number of nitrogens with one attached hydrogen (secondary N) is 1. The van der Waals surface area contributed by atoms with Crippen molar-refractivity contribution in [2.45, 2.75) is 50.1 Å². The van der Waals surface area contributed by atoms with E-state index in [1.807, 2.05) is 6.92 Å². The van der Waals surface area contributed by atoms with Crippen LogP contribution >= 0.6 is 11.8 Å². The van der Waals surface area contributed by atoms with Gasteiger partial charge in [-0.15, -0.1) is 11.8 Å². The lowest BCUT2D eigenvalue weighted by Crippen LogP contribution is -2.39. The number of hydrogen-bond acceptors (Lipinski definition) is 6. The molecule has 27 heavy (non-hydrogen) atoms. The Kier molecular flexibility index (Phi) is 5.56. The van der Waals surface area contributed by atoms with Crippen LogP contribution in [0.2, 0.25) is 0 Å². The Labute approximate surface area is 163 Å². The summed E-state index contributed by atoms with van der Waals surface area (Å²) >= 11 is 1.45. The standard InChI is InChI=1S/C18H27N3O5S/c1-8-14-11(9(2)22)6-13(23)21(14)15(18(25)26)16(8)27-10-5-12(19-7-10)17(24)20(3)4/h8-12,14,19,22H,5-7H2,1-4H3,(H,25,26)/t8-,9-,10+,11+,12+,14-/m1/s1. The number of carboxylic acid groups (broad SMARTS) is 1. The quantitative estimate of drug-likeness (QED) is 0.603. The molecule has 0 aromatic rings. The monoisotopic (exact) mass is 397 g/mol. The number of aliphatic hydroxyl groups is 1. The minimum absolute atomic E-state index is 0.00924. The van der Waals surface area contributed by atoms with Crippen molar-refractivity contribution in [2.24, 2.45) is 11.8 Å². The van der Waals surface area contributed by atoms with Gasteiger partial charge in [0.25, 0.3) is 0 Å². The average molecular weight is 397 g/mol. The highest BCUT2D eigenvalue weighted by Gasteiger charge is 2.54. The van der Waals surface area contributed by atoms with Crippen LogP contribution in [0.5, 0.6) is 0 Å². The van der Waals surface area contributed by atoms with E-state index in [1.54, 1.807) is 25.9 Å². The molecule has 0 aromatic heterocycles. The summed E-state index contributed by atoms with van der Waals surface area (Å²) in [6.07, 6.45) is 0.107. The zero-order valence-electron chi connectivity index (χ0n) is 16.0. The third kappa shape index (κ3) is 3.48. The first-order valence-electron chi connectivity index (χ1n) is 9.22. The molecule has 8 nitrogen and oxygen atoms in total. The molecule has 0 unspecified atom stereocenters. The number of hydrogen-bond donors (Lipinski definition) is 3. The van der Waals surface area contributed by atoms with Crippen LogP contribution in [0.4, 0.5) is 0 Å². The molecule has 0 aromatic carbocycles. The van der Waals surface area contributed by atoms with Crippen LogP contribution in [0.15, 0.2) is 10.6 Å². The van der Waals surface area contributed by atoms with Gasteiger partial charge >= 0.3 is 5.97 Å². The van der Waals surface area contributed by atoms with Crippen LogP contribution in [-0.4, -0.2) is 81.9 Å². The average Bonchev–Trinajstić information content (AvgIpc) is 3.24. The first-order chi connectivity index (χ1) is 12.6. The second-order valence-electron chi connectivity index (χ2n) is 7.84. The predicted molar refractivity (Wildman–Crippen MR) is 101 cm³/mol. The van der Waals surface area contributed by atoms with Gasteiger partial charge < -0.3 is 25.3 Å². The molecule has 0 spiro atoms. The Balaban J connectivity index is 1.82. The summed E-state index contributed by atoms with van der Waals surface area (Å²) in [5, 5.41) is 23.1. The summed E-state index contributed by atoms with van der Waals surface area (Å²) in [4.78, 5) is 40.2. The number of carbonyl (C=O) groups is 3. The Morgan fingerprint density at radius 3 is 2.59 bits per heavy atom. The van der Waals surface area contributed by atoms with Gasteiger partial charge in [0.2, 0.25) is 11.8 Å². The Hall–Kier alpha value is -1.58. The molecule has 150 valence electrons. The predicted octanol–water partition coefficient (Wildman–Crippen LogP) is 0.0821. The van der Waals surface area contributed by atoms with Crippen molar-refractivity contribution in [1.82, 2.24) is 15.1 Å². The van der Waals surface area contributed by atoms with Gasteiger partial charge in [0.15, 0.2) is 0 Å². The lowest BCUT2D eigenvalue weighted by Gasteiger charge is -2.27. The Morgan fingerprint density at radius 1 is 1.37 bits per heavy atom. The number of carbonyl (C=O) groups excluding carboxylic acids is 2. The normalized spacial score (nSPS) is 34.2. The van der Waals surface area contributed by atoms with Crippen LogP contribution in [0, 0.1) is 11.8 Å². The summed E-state index contributed by atoms with van der Waals surface area (Å²) in [5.74, 6) is -1.77. The number of aliphatic carboxylic acids is 1. The largest absolute Gasteiger partial charge is 0.477 e. The Bertz CT molecular complexity index is 692. The molecule has 0 radical (unpaired) electrons. The maximum Gasteiger partial charge on any atom is 0.353 e. The lowest BCUT2D eigenvalue weighted by atomic mass is 9.88. The van der Waals surface area contributed by atoms with Crippen LogP contribution in [-0.2, 0) is 14.4 Å². The molecule has 3 heterocycles. The van der Waals surface area contributed by atoms with Gasteiger partial charge in [-0.25, -0.2) is 4.79 Å². The second-order valence-corrected chi connectivity index (χ2v) is 9.18. The molecule has 3 aliphatic heterocycles. The first kappa shape index (κ1) is 20.2. The molecule has 2 amide bonds. The molecule has 0 saturated carbocycles. The van der Waals surface area contributed by atoms with E-state index in [4.69, 9.17) is 0 Å². The van der Waals surface area contributed by atoms with E-state index in [9.17, 15) is 24.6 Å². The third-order valence-corrected chi connectivity index (χ3v) is 7.27. The number of rotatable bonds is 5. The maximum atomic E-state index is 12.5. The van der Waals surface area contributed by atoms with Gasteiger partial charge in [-0.05, 0) is 13.3 Å². The maximum absolute atomic E-state index is 12.5. The molecule has 3 aliphatic rings. The molecular formula is C18H27N3O5S. The summed E-state index contributed by atoms with van der Waals surface area (Å²) < 4.78 is 0. The van der Waals surface area contributed by atoms with Gasteiger partial charge in [0.1, 0.15) is 5.70 Å². The molecular weight excluding hydrogens is 370 g/mol. The number of amides is 2. The van der Waals surface area contributed by atoms with Crippen molar-refractivity contribution in [1.29, 1.82) is 0 Å². The fourth-order valence-corrected chi connectivity index (χ4v) is 5.91. The number of fused-ring (bicyclic) bond motifs is 1. The van der Waals surface area contributed by atoms with E-state index in [-0.39, 0.29) is 53.1 Å². The number of nitrogens with zero attached hydrogens (tertiary/aromatic N) is 2. The summed E-state index contributed by atoms with van der Waals surface area (Å²) in [6, 6.07) is -0.589. The third-order valence-electron chi connectivity index (χ3n) is 5.76. The fraction of sp³-hybridized carbons (Fsp3) is 0.722. The molecule has 0 bridgehead atoms. The van der Waals surface area contributed by atoms with Gasteiger partial charge in [-0.1, -0.05) is 6.92 Å². The number of thioether (sulfide) groups is 1. The van der Waals surface area contributed by atoms with Crippen LogP contribution in [0.25, 0.3) is 0 Å². The molecule has 3 N–H and O–H groups in total. The zero-order valence-corrected chi connectivity index (χ0v) is 16.8. The highest BCUT2D eigenvalue weighted by atomic mass is 32.2. The molecule has 3 rings (SSSR count). The highest BCUT2D eigenvalue weighted by Crippen LogP contribution is 2.50. The second kappa shape index (κ2) is 7.44. The number of likely N-dealkylation sites (N-methyl/N-ethyl adjacent to an activating group) is 1. The van der Waals surface area contributed by atoms with Gasteiger partial charge in [0.05, 0.1) is 18.2 Å². The topological polar surface area (TPSA) is 110 Å². The fourth-order valence-electron chi connectivity index (χ4n) is 4.44. The van der Waals surface area contributed by atoms with E-state index >= 15 is 0 Å². The summed E-state index contributed by atoms with van der Waals surface area (Å²) in [5.41, 5.74) is 0.0491. The number of aliphatic hydroxyl groups excluding tert-OH is 1. The summed E-state index contributed by atoms with van der Waals surface area (Å²) in [6.45, 7) is 4.18. The molecule has 2 saturated heterocycles. The first-order valence-corrected chi connectivity index (χ1v) is 10.1. The van der Waals surface area contributed by atoms with Crippen LogP contribution in [0.1, 0.15) is 26.7 Å². The molecule has 9 heteroatoms. The van der Waals surface area contributed by atoms with Crippen molar-refractivity contribution < 1.29 is 24.6 Å². The lowest BCUT2D eigenvalue weighted by molar-refractivity contribution is -0.138. The van der Waals surface area contributed by atoms with Crippen molar-refractivity contribution >= 4 is 29.5 Å². The van der Waals surface area contributed by atoms with E-state index in [1.165, 1.54) is 16.7 Å². The van der Waals surface area contributed by atoms with Crippen molar-refractivity contribution in [2.75, 3.05) is 20.6 Å². The summed E-state index contributed by atoms with van der Waals surface area (Å²) in [7, 11) is 3.43. The highest BCUT2D eigenvalue weighted by molar-refractivity contribution is 8.03. The Morgan fingerprint density at radius 2 is 2.04 bits per heavy atom. The number of carboxylic acids is 1. The van der Waals surface area contributed by atoms with Gasteiger partial charge in [0, 0.05) is 49.1 Å². The SMILES string of the molecule is C[C@@H](O)[C@@H]1CC(=O)N2C(C(=O)O)=C(S[C@@H]3CN[C@H](C(=O)N(C)C)C3)[C@H](C)[C@H]12. The van der Waals surface area contributed by atoms with E-state index in [0.29, 0.717) is 17.9 Å². The van der Waals surface area contributed by atoms with Crippen molar-refractivity contribution in [3.63, 3.8) is 0 Å². The van der Waals surface area contributed by atoms with E-state index in [0.717, 1.165) is 0 Å². The van der Waals surface area contributed by atoms with Crippen molar-refractivity contribution in [3.05, 3.63) is 10.6 Å². The molecule has 2 fully saturated rings. The van der Waals surface area contributed by atoms with E-state index in [2.05, 4.69) is 5.32 Å². The molecule has 6 atom stereocenters. The van der Waals surface area contributed by atoms with Gasteiger partial charge in [-0.3, -0.25) is 9.59 Å². The van der Waals surface area contributed by atoms with Gasteiger partial charge in [-0.2, -0.15) is 0 Å². The molecule has 0 aliphatic carbocycles. The van der Waals surface area contributed by atoms with E-state index < -0.39 is 12.1 Å².